The summed E-state index contributed by atoms with van der Waals surface area (Å²) in [6.45, 7) is 3.20. The number of Topliss-reactive ketones (excluding diaryl/α,β-unsaturated/α-hetero) is 1. The van der Waals surface area contributed by atoms with Gasteiger partial charge in [-0.05, 0) is 38.1 Å². The van der Waals surface area contributed by atoms with Gasteiger partial charge in [-0.3, -0.25) is 14.5 Å². The van der Waals surface area contributed by atoms with Crippen LogP contribution in [0.25, 0.3) is 0 Å². The summed E-state index contributed by atoms with van der Waals surface area (Å²) in [4.78, 5) is 25.6. The molecule has 0 aliphatic carbocycles. The summed E-state index contributed by atoms with van der Waals surface area (Å²) in [5, 5.41) is 0.859. The van der Waals surface area contributed by atoms with E-state index in [1.54, 1.807) is 18.2 Å². The molecule has 4 nitrogen and oxygen atoms in total. The molecule has 108 valence electrons. The first kappa shape index (κ1) is 15.3. The quantitative estimate of drug-likeness (QED) is 0.868. The second kappa shape index (κ2) is 5.72. The predicted molar refractivity (Wildman–Crippen MR) is 79.2 cm³/mol. The number of carbonyl (C=O) groups excluding carboxylic acids is 2. The van der Waals surface area contributed by atoms with E-state index >= 15 is 0 Å². The maximum Gasteiger partial charge on any atom is 0.224 e. The molecule has 0 saturated carbocycles. The Morgan fingerprint density at radius 1 is 1.40 bits per heavy atom. The van der Waals surface area contributed by atoms with Crippen LogP contribution in [-0.2, 0) is 4.79 Å². The smallest absolute Gasteiger partial charge is 0.224 e. The number of carbonyl (C=O) groups is 2. The van der Waals surface area contributed by atoms with Crippen LogP contribution in [0, 0.1) is 5.41 Å². The van der Waals surface area contributed by atoms with Crippen LogP contribution in [0.4, 0.5) is 0 Å². The van der Waals surface area contributed by atoms with Crippen LogP contribution in [0.5, 0.6) is 0 Å². The highest BCUT2D eigenvalue weighted by Gasteiger charge is 2.39. The number of ketones is 1. The highest BCUT2D eigenvalue weighted by Crippen LogP contribution is 2.30. The summed E-state index contributed by atoms with van der Waals surface area (Å²) in [5.74, 6) is -0.431. The Bertz CT molecular complexity index is 562. The summed E-state index contributed by atoms with van der Waals surface area (Å²) < 4.78 is 0. The van der Waals surface area contributed by atoms with Gasteiger partial charge in [0, 0.05) is 17.1 Å². The summed E-state index contributed by atoms with van der Waals surface area (Å²) in [6, 6.07) is 4.81. The van der Waals surface area contributed by atoms with E-state index in [0.717, 1.165) is 0 Å². The van der Waals surface area contributed by atoms with Crippen molar-refractivity contribution in [1.82, 2.24) is 4.90 Å². The molecule has 1 aliphatic rings. The van der Waals surface area contributed by atoms with Crippen molar-refractivity contribution < 1.29 is 9.59 Å². The van der Waals surface area contributed by atoms with Gasteiger partial charge in [-0.15, -0.1) is 0 Å². The van der Waals surface area contributed by atoms with E-state index in [1.807, 2.05) is 11.8 Å². The van der Waals surface area contributed by atoms with Crippen LogP contribution in [0.2, 0.25) is 10.0 Å². The number of hydrogen-bond acceptors (Lipinski definition) is 3. The average molecular weight is 315 g/mol. The number of likely N-dealkylation sites (tertiary alicyclic amines) is 1. The van der Waals surface area contributed by atoms with Crippen molar-refractivity contribution in [2.24, 2.45) is 11.1 Å². The molecule has 1 aromatic carbocycles. The number of benzene rings is 1. The highest BCUT2D eigenvalue weighted by atomic mass is 35.5. The zero-order chi connectivity index (χ0) is 14.9. The van der Waals surface area contributed by atoms with Gasteiger partial charge >= 0.3 is 0 Å². The van der Waals surface area contributed by atoms with Gasteiger partial charge in [0.05, 0.1) is 17.0 Å². The normalized spacial score (nSPS) is 22.9. The Morgan fingerprint density at radius 2 is 2.10 bits per heavy atom. The monoisotopic (exact) mass is 314 g/mol. The van der Waals surface area contributed by atoms with Gasteiger partial charge in [-0.25, -0.2) is 0 Å². The third-order valence-electron chi connectivity index (χ3n) is 3.74. The van der Waals surface area contributed by atoms with Gasteiger partial charge in [0.1, 0.15) is 0 Å². The molecular formula is C14H16Cl2N2O2. The summed E-state index contributed by atoms with van der Waals surface area (Å²) in [6.07, 6.45) is 0.666. The van der Waals surface area contributed by atoms with Crippen molar-refractivity contribution >= 4 is 34.9 Å². The molecule has 2 N–H and O–H groups in total. The molecule has 0 spiro atoms. The molecule has 1 fully saturated rings. The number of amides is 1. The second-order valence-electron chi connectivity index (χ2n) is 5.43. The van der Waals surface area contributed by atoms with Crippen molar-refractivity contribution in [2.45, 2.75) is 13.3 Å². The number of halogens is 2. The molecule has 1 heterocycles. The molecule has 0 aromatic heterocycles. The fraction of sp³-hybridized carbons (Fsp3) is 0.429. The lowest BCUT2D eigenvalue weighted by atomic mass is 9.89. The molecule has 1 saturated heterocycles. The second-order valence-corrected chi connectivity index (χ2v) is 6.28. The van der Waals surface area contributed by atoms with Crippen LogP contribution >= 0.6 is 23.2 Å². The zero-order valence-electron chi connectivity index (χ0n) is 11.2. The minimum atomic E-state index is -0.557. The van der Waals surface area contributed by atoms with Gasteiger partial charge in [-0.2, -0.15) is 0 Å². The summed E-state index contributed by atoms with van der Waals surface area (Å²) in [7, 11) is 0. The van der Waals surface area contributed by atoms with Crippen LogP contribution in [0.15, 0.2) is 18.2 Å². The van der Waals surface area contributed by atoms with E-state index in [0.29, 0.717) is 35.1 Å². The van der Waals surface area contributed by atoms with E-state index in [4.69, 9.17) is 28.9 Å². The van der Waals surface area contributed by atoms with Gasteiger partial charge in [0.25, 0.3) is 0 Å². The van der Waals surface area contributed by atoms with Crippen molar-refractivity contribution in [1.29, 1.82) is 0 Å². The summed E-state index contributed by atoms with van der Waals surface area (Å²) >= 11 is 11.9. The molecule has 20 heavy (non-hydrogen) atoms. The lowest BCUT2D eigenvalue weighted by molar-refractivity contribution is -0.126. The molecular weight excluding hydrogens is 299 g/mol. The zero-order valence-corrected chi connectivity index (χ0v) is 12.7. The Morgan fingerprint density at radius 3 is 2.70 bits per heavy atom. The van der Waals surface area contributed by atoms with Gasteiger partial charge < -0.3 is 5.73 Å². The van der Waals surface area contributed by atoms with Crippen molar-refractivity contribution in [3.05, 3.63) is 33.8 Å². The molecule has 1 atom stereocenters. The topological polar surface area (TPSA) is 63.4 Å². The molecule has 1 unspecified atom stereocenters. The highest BCUT2D eigenvalue weighted by molar-refractivity contribution is 6.36. The number of primary amides is 1. The van der Waals surface area contributed by atoms with E-state index in [2.05, 4.69) is 0 Å². The van der Waals surface area contributed by atoms with Crippen LogP contribution in [-0.4, -0.2) is 36.2 Å². The minimum Gasteiger partial charge on any atom is -0.369 e. The fourth-order valence-corrected chi connectivity index (χ4v) is 2.79. The molecule has 0 radical (unpaired) electrons. The standard InChI is InChI=1S/C14H16Cl2N2O2/c1-14(13(17)20)4-5-18(8-14)7-12(19)10-6-9(15)2-3-11(10)16/h2-3,6H,4-5,7-8H2,1H3,(H2,17,20). The number of rotatable bonds is 4. The third-order valence-corrected chi connectivity index (χ3v) is 4.31. The van der Waals surface area contributed by atoms with Crippen LogP contribution in [0.3, 0.4) is 0 Å². The van der Waals surface area contributed by atoms with E-state index in [1.165, 1.54) is 0 Å². The first-order valence-corrected chi connectivity index (χ1v) is 7.08. The van der Waals surface area contributed by atoms with Gasteiger partial charge in [-0.1, -0.05) is 23.2 Å². The minimum absolute atomic E-state index is 0.105. The van der Waals surface area contributed by atoms with Crippen molar-refractivity contribution in [3.63, 3.8) is 0 Å². The maximum atomic E-state index is 12.3. The van der Waals surface area contributed by atoms with Gasteiger partial charge in [0.15, 0.2) is 5.78 Å². The number of hydrogen-bond donors (Lipinski definition) is 1. The number of nitrogens with two attached hydrogens (primary N) is 1. The predicted octanol–water partition coefficient (Wildman–Crippen LogP) is 2.37. The molecule has 1 aromatic rings. The largest absolute Gasteiger partial charge is 0.369 e. The summed E-state index contributed by atoms with van der Waals surface area (Å²) in [5.41, 5.74) is 5.24. The van der Waals surface area contributed by atoms with Gasteiger partial charge in [0.2, 0.25) is 5.91 Å². The van der Waals surface area contributed by atoms with Crippen LogP contribution < -0.4 is 5.73 Å². The Kier molecular flexibility index (Phi) is 4.37. The molecule has 2 rings (SSSR count). The Balaban J connectivity index is 2.06. The van der Waals surface area contributed by atoms with Crippen molar-refractivity contribution in [3.8, 4) is 0 Å². The maximum absolute atomic E-state index is 12.3. The van der Waals surface area contributed by atoms with Crippen LogP contribution in [0.1, 0.15) is 23.7 Å². The first-order chi connectivity index (χ1) is 9.32. The molecule has 6 heteroatoms. The van der Waals surface area contributed by atoms with E-state index in [-0.39, 0.29) is 18.2 Å². The molecule has 1 aliphatic heterocycles. The lowest BCUT2D eigenvalue weighted by Crippen LogP contribution is -2.38. The SMILES string of the molecule is CC1(C(N)=O)CCN(CC(=O)c2cc(Cl)ccc2Cl)C1. The third kappa shape index (κ3) is 3.14. The molecule has 1 amide bonds. The van der Waals surface area contributed by atoms with Crippen molar-refractivity contribution in [2.75, 3.05) is 19.6 Å². The molecule has 0 bridgehead atoms. The van der Waals surface area contributed by atoms with E-state index < -0.39 is 5.41 Å². The fourth-order valence-electron chi connectivity index (χ4n) is 2.39. The average Bonchev–Trinajstić information content (AvgIpc) is 2.75. The number of nitrogens with zero attached hydrogens (tertiary/aromatic N) is 1. The Hall–Kier alpha value is -1.10. The van der Waals surface area contributed by atoms with E-state index in [9.17, 15) is 9.59 Å². The first-order valence-electron chi connectivity index (χ1n) is 6.32. The Labute approximate surface area is 127 Å². The lowest BCUT2D eigenvalue weighted by Gasteiger charge is -2.20.